The zero-order valence-corrected chi connectivity index (χ0v) is 11.7. The number of hydrogen-bond acceptors (Lipinski definition) is 3. The lowest BCUT2D eigenvalue weighted by atomic mass is 9.89. The molecule has 2 rings (SSSR count). The third-order valence-corrected chi connectivity index (χ3v) is 2.86. The van der Waals surface area contributed by atoms with Crippen molar-refractivity contribution in [1.29, 1.82) is 0 Å². The highest BCUT2D eigenvalue weighted by Crippen LogP contribution is 2.26. The van der Waals surface area contributed by atoms with Crippen LogP contribution in [0, 0.1) is 0 Å². The molecule has 1 aromatic carbocycles. The number of amides is 1. The van der Waals surface area contributed by atoms with Crippen molar-refractivity contribution < 1.29 is 14.3 Å². The monoisotopic (exact) mass is 263 g/mol. The fourth-order valence-corrected chi connectivity index (χ4v) is 1.95. The third kappa shape index (κ3) is 4.47. The molecule has 0 bridgehead atoms. The van der Waals surface area contributed by atoms with E-state index in [4.69, 9.17) is 9.47 Å². The second kappa shape index (κ2) is 5.51. The Bertz CT molecular complexity index is 419. The maximum atomic E-state index is 11.6. The molecule has 0 aromatic heterocycles. The van der Waals surface area contributed by atoms with Crippen LogP contribution in [0.25, 0.3) is 0 Å². The Hall–Kier alpha value is -1.71. The highest BCUT2D eigenvalue weighted by Gasteiger charge is 2.33. The summed E-state index contributed by atoms with van der Waals surface area (Å²) in [6.45, 7) is 5.57. The van der Waals surface area contributed by atoms with Gasteiger partial charge in [-0.25, -0.2) is 4.79 Å². The summed E-state index contributed by atoms with van der Waals surface area (Å²) in [6, 6.07) is 9.89. The van der Waals surface area contributed by atoms with Crippen LogP contribution in [0.2, 0.25) is 0 Å². The molecule has 0 aliphatic heterocycles. The molecule has 104 valence electrons. The predicted molar refractivity (Wildman–Crippen MR) is 73.2 cm³/mol. The summed E-state index contributed by atoms with van der Waals surface area (Å²) in [5.74, 6) is 0.878. The zero-order valence-electron chi connectivity index (χ0n) is 11.7. The number of alkyl carbamates (subject to hydrolysis) is 1. The number of hydrogen-bond donors (Lipinski definition) is 1. The Labute approximate surface area is 114 Å². The lowest BCUT2D eigenvalue weighted by molar-refractivity contribution is 0.0363. The van der Waals surface area contributed by atoms with Gasteiger partial charge in [0.25, 0.3) is 0 Å². The molecular formula is C15H21NO3. The second-order valence-corrected chi connectivity index (χ2v) is 5.87. The summed E-state index contributed by atoms with van der Waals surface area (Å²) >= 11 is 0. The standard InChI is InChI=1S/C15H21NO3/c1-15(2,3)19-14(17)16-11-9-13(10-11)18-12-7-5-4-6-8-12/h4-8,11,13H,9-10H2,1-3H3,(H,16,17). The van der Waals surface area contributed by atoms with Crippen LogP contribution in [0.1, 0.15) is 33.6 Å². The van der Waals surface area contributed by atoms with E-state index in [0.717, 1.165) is 18.6 Å². The van der Waals surface area contributed by atoms with Crippen molar-refractivity contribution in [2.75, 3.05) is 0 Å². The number of nitrogens with one attached hydrogen (secondary N) is 1. The summed E-state index contributed by atoms with van der Waals surface area (Å²) in [5.41, 5.74) is -0.451. The molecule has 1 fully saturated rings. The van der Waals surface area contributed by atoms with Gasteiger partial charge >= 0.3 is 6.09 Å². The Balaban J connectivity index is 1.68. The smallest absolute Gasteiger partial charge is 0.407 e. The highest BCUT2D eigenvalue weighted by atomic mass is 16.6. The maximum Gasteiger partial charge on any atom is 0.407 e. The first-order valence-corrected chi connectivity index (χ1v) is 6.63. The van der Waals surface area contributed by atoms with Crippen molar-refractivity contribution in [3.63, 3.8) is 0 Å². The normalized spacial score (nSPS) is 22.3. The van der Waals surface area contributed by atoms with Crippen molar-refractivity contribution >= 4 is 6.09 Å². The molecule has 0 unspecified atom stereocenters. The van der Waals surface area contributed by atoms with Gasteiger partial charge in [0.2, 0.25) is 0 Å². The minimum absolute atomic E-state index is 0.156. The SMILES string of the molecule is CC(C)(C)OC(=O)NC1CC(Oc2ccccc2)C1. The van der Waals surface area contributed by atoms with Crippen LogP contribution in [0.4, 0.5) is 4.79 Å². The zero-order chi connectivity index (χ0) is 13.9. The molecule has 0 radical (unpaired) electrons. The van der Waals surface area contributed by atoms with E-state index in [-0.39, 0.29) is 18.2 Å². The van der Waals surface area contributed by atoms with Gasteiger partial charge in [0.1, 0.15) is 17.5 Å². The Kier molecular flexibility index (Phi) is 3.98. The first-order valence-electron chi connectivity index (χ1n) is 6.63. The molecule has 1 aliphatic carbocycles. The number of ether oxygens (including phenoxy) is 2. The molecule has 4 heteroatoms. The van der Waals surface area contributed by atoms with E-state index >= 15 is 0 Å². The molecule has 1 N–H and O–H groups in total. The van der Waals surface area contributed by atoms with Crippen LogP contribution >= 0.6 is 0 Å². The Morgan fingerprint density at radius 2 is 1.84 bits per heavy atom. The molecule has 19 heavy (non-hydrogen) atoms. The van der Waals surface area contributed by atoms with Gasteiger partial charge < -0.3 is 14.8 Å². The van der Waals surface area contributed by atoms with Gasteiger partial charge in [0.05, 0.1) is 0 Å². The third-order valence-electron chi connectivity index (χ3n) is 2.86. The van der Waals surface area contributed by atoms with Gasteiger partial charge in [0, 0.05) is 18.9 Å². The van der Waals surface area contributed by atoms with Gasteiger partial charge in [-0.05, 0) is 32.9 Å². The molecular weight excluding hydrogens is 242 g/mol. The van der Waals surface area contributed by atoms with Crippen LogP contribution in [-0.2, 0) is 4.74 Å². The molecule has 0 saturated heterocycles. The number of para-hydroxylation sites is 1. The van der Waals surface area contributed by atoms with Crippen molar-refractivity contribution in [2.45, 2.75) is 51.4 Å². The minimum Gasteiger partial charge on any atom is -0.490 e. The first-order chi connectivity index (χ1) is 8.92. The summed E-state index contributed by atoms with van der Waals surface area (Å²) < 4.78 is 11.0. The summed E-state index contributed by atoms with van der Waals surface area (Å²) in [5, 5.41) is 2.85. The fourth-order valence-electron chi connectivity index (χ4n) is 1.95. The van der Waals surface area contributed by atoms with Gasteiger partial charge in [-0.3, -0.25) is 0 Å². The summed E-state index contributed by atoms with van der Waals surface area (Å²) in [4.78, 5) is 11.6. The molecule has 1 aliphatic rings. The van der Waals surface area contributed by atoms with E-state index in [1.165, 1.54) is 0 Å². The van der Waals surface area contributed by atoms with Gasteiger partial charge in [-0.1, -0.05) is 18.2 Å². The molecule has 4 nitrogen and oxygen atoms in total. The van der Waals surface area contributed by atoms with Crippen LogP contribution in [0.5, 0.6) is 5.75 Å². The largest absolute Gasteiger partial charge is 0.490 e. The summed E-state index contributed by atoms with van der Waals surface area (Å²) in [6.07, 6.45) is 1.49. The average Bonchev–Trinajstić information content (AvgIpc) is 2.25. The molecule has 1 amide bonds. The van der Waals surface area contributed by atoms with E-state index in [9.17, 15) is 4.79 Å². The Morgan fingerprint density at radius 1 is 1.21 bits per heavy atom. The van der Waals surface area contributed by atoms with Gasteiger partial charge in [-0.2, -0.15) is 0 Å². The van der Waals surface area contributed by atoms with E-state index < -0.39 is 5.60 Å². The fraction of sp³-hybridized carbons (Fsp3) is 0.533. The molecule has 0 heterocycles. The van der Waals surface area contributed by atoms with Crippen molar-refractivity contribution in [3.05, 3.63) is 30.3 Å². The van der Waals surface area contributed by atoms with E-state index in [1.54, 1.807) is 0 Å². The van der Waals surface area contributed by atoms with Crippen LogP contribution in [0.3, 0.4) is 0 Å². The number of rotatable bonds is 3. The molecule has 0 atom stereocenters. The number of benzene rings is 1. The van der Waals surface area contributed by atoms with E-state index in [2.05, 4.69) is 5.32 Å². The molecule has 1 saturated carbocycles. The van der Waals surface area contributed by atoms with Gasteiger partial charge in [-0.15, -0.1) is 0 Å². The van der Waals surface area contributed by atoms with E-state index in [1.807, 2.05) is 51.1 Å². The van der Waals surface area contributed by atoms with Crippen LogP contribution in [0.15, 0.2) is 30.3 Å². The first kappa shape index (κ1) is 13.7. The van der Waals surface area contributed by atoms with Crippen molar-refractivity contribution in [1.82, 2.24) is 5.32 Å². The van der Waals surface area contributed by atoms with Crippen molar-refractivity contribution in [2.24, 2.45) is 0 Å². The maximum absolute atomic E-state index is 11.6. The number of carbonyl (C=O) groups excluding carboxylic acids is 1. The highest BCUT2D eigenvalue weighted by molar-refractivity contribution is 5.68. The lowest BCUT2D eigenvalue weighted by Crippen LogP contribution is -2.50. The minimum atomic E-state index is -0.451. The molecule has 1 aromatic rings. The molecule has 0 spiro atoms. The predicted octanol–water partition coefficient (Wildman–Crippen LogP) is 3.12. The van der Waals surface area contributed by atoms with Crippen LogP contribution < -0.4 is 10.1 Å². The topological polar surface area (TPSA) is 47.6 Å². The second-order valence-electron chi connectivity index (χ2n) is 5.87. The van der Waals surface area contributed by atoms with Crippen molar-refractivity contribution in [3.8, 4) is 5.75 Å². The Morgan fingerprint density at radius 3 is 2.42 bits per heavy atom. The number of carbonyl (C=O) groups is 1. The summed E-state index contributed by atoms with van der Waals surface area (Å²) in [7, 11) is 0. The quantitative estimate of drug-likeness (QED) is 0.911. The van der Waals surface area contributed by atoms with E-state index in [0.29, 0.717) is 0 Å². The average molecular weight is 263 g/mol. The van der Waals surface area contributed by atoms with Crippen LogP contribution in [-0.4, -0.2) is 23.8 Å². The van der Waals surface area contributed by atoms with Gasteiger partial charge in [0.15, 0.2) is 0 Å². The lowest BCUT2D eigenvalue weighted by Gasteiger charge is -2.36.